The van der Waals surface area contributed by atoms with Gasteiger partial charge in [0, 0.05) is 5.69 Å². The number of aromatic nitrogens is 2. The van der Waals surface area contributed by atoms with Crippen LogP contribution in [0.15, 0.2) is 58.9 Å². The van der Waals surface area contributed by atoms with Crippen LogP contribution >= 0.6 is 23.1 Å². The second kappa shape index (κ2) is 9.50. The van der Waals surface area contributed by atoms with E-state index in [2.05, 4.69) is 34.6 Å². The minimum atomic E-state index is -0.0413. The number of carbonyl (C=O) groups is 1. The van der Waals surface area contributed by atoms with Crippen LogP contribution < -0.4 is 5.32 Å². The van der Waals surface area contributed by atoms with Crippen molar-refractivity contribution in [3.63, 3.8) is 0 Å². The van der Waals surface area contributed by atoms with Gasteiger partial charge in [0.15, 0.2) is 0 Å². The molecule has 0 aliphatic heterocycles. The number of thioether (sulfide) groups is 1. The van der Waals surface area contributed by atoms with E-state index in [-0.39, 0.29) is 5.91 Å². The fourth-order valence-corrected chi connectivity index (χ4v) is 3.73. The summed E-state index contributed by atoms with van der Waals surface area (Å²) < 4.78 is 0. The van der Waals surface area contributed by atoms with Gasteiger partial charge in [0.1, 0.15) is 10.7 Å². The molecule has 6 heteroatoms. The number of hydrogen-bond donors (Lipinski definition) is 1. The van der Waals surface area contributed by atoms with Crippen LogP contribution in [0, 0.1) is 0 Å². The van der Waals surface area contributed by atoms with Crippen LogP contribution in [0.4, 0.5) is 5.69 Å². The fraction of sp³-hybridized carbons (Fsp3) is 0.250. The van der Waals surface area contributed by atoms with Gasteiger partial charge in [0.25, 0.3) is 0 Å². The smallest absolute Gasteiger partial charge is 0.234 e. The number of aryl methyl sites for hydroxylation is 1. The molecule has 0 atom stereocenters. The second-order valence-electron chi connectivity index (χ2n) is 5.87. The molecule has 26 heavy (non-hydrogen) atoms. The average Bonchev–Trinajstić information content (AvgIpc) is 3.21. The molecule has 0 saturated heterocycles. The first kappa shape index (κ1) is 18.6. The van der Waals surface area contributed by atoms with Crippen molar-refractivity contribution in [2.45, 2.75) is 31.2 Å². The lowest BCUT2D eigenvalue weighted by molar-refractivity contribution is -0.113. The predicted octanol–water partition coefficient (Wildman–Crippen LogP) is 5.28. The van der Waals surface area contributed by atoms with Crippen molar-refractivity contribution in [2.75, 3.05) is 11.1 Å². The van der Waals surface area contributed by atoms with Crippen LogP contribution in [0.5, 0.6) is 0 Å². The Bertz CT molecular complexity index is 815. The summed E-state index contributed by atoms with van der Waals surface area (Å²) in [5, 5.41) is 14.1. The SMILES string of the molecule is CCCCc1ccc(NC(=O)CSc2ccc(-c3cccs3)nn2)cc1. The number of anilines is 1. The lowest BCUT2D eigenvalue weighted by Crippen LogP contribution is -2.14. The van der Waals surface area contributed by atoms with Gasteiger partial charge in [0.2, 0.25) is 5.91 Å². The molecule has 0 saturated carbocycles. The van der Waals surface area contributed by atoms with E-state index in [1.54, 1.807) is 11.3 Å². The van der Waals surface area contributed by atoms with E-state index in [1.807, 2.05) is 41.8 Å². The van der Waals surface area contributed by atoms with Gasteiger partial charge in [-0.1, -0.05) is 43.3 Å². The molecule has 3 aromatic rings. The number of unbranched alkanes of at least 4 members (excludes halogenated alkanes) is 1. The second-order valence-corrected chi connectivity index (χ2v) is 7.81. The Morgan fingerprint density at radius 3 is 2.62 bits per heavy atom. The maximum atomic E-state index is 12.1. The first-order chi connectivity index (χ1) is 12.7. The summed E-state index contributed by atoms with van der Waals surface area (Å²) in [6, 6.07) is 15.9. The predicted molar refractivity (Wildman–Crippen MR) is 110 cm³/mol. The van der Waals surface area contributed by atoms with Crippen molar-refractivity contribution in [2.24, 2.45) is 0 Å². The van der Waals surface area contributed by atoms with Gasteiger partial charge in [-0.2, -0.15) is 0 Å². The minimum Gasteiger partial charge on any atom is -0.325 e. The Hall–Kier alpha value is -2.18. The third kappa shape index (κ3) is 5.41. The Labute approximate surface area is 162 Å². The summed E-state index contributed by atoms with van der Waals surface area (Å²) in [5.74, 6) is 0.269. The summed E-state index contributed by atoms with van der Waals surface area (Å²) in [6.45, 7) is 2.19. The van der Waals surface area contributed by atoms with E-state index in [0.717, 1.165) is 27.7 Å². The highest BCUT2D eigenvalue weighted by Crippen LogP contribution is 2.23. The number of nitrogens with zero attached hydrogens (tertiary/aromatic N) is 2. The molecule has 2 aromatic heterocycles. The quantitative estimate of drug-likeness (QED) is 0.538. The number of nitrogens with one attached hydrogen (secondary N) is 1. The third-order valence-corrected chi connectivity index (χ3v) is 5.63. The van der Waals surface area contributed by atoms with Gasteiger partial charge in [-0.05, 0) is 54.1 Å². The monoisotopic (exact) mass is 383 g/mol. The minimum absolute atomic E-state index is 0.0413. The molecular formula is C20H21N3OS2. The molecule has 0 aliphatic rings. The molecule has 1 aromatic carbocycles. The van der Waals surface area contributed by atoms with Crippen molar-refractivity contribution in [1.29, 1.82) is 0 Å². The zero-order valence-corrected chi connectivity index (χ0v) is 16.3. The molecule has 0 radical (unpaired) electrons. The molecular weight excluding hydrogens is 362 g/mol. The van der Waals surface area contributed by atoms with E-state index in [0.29, 0.717) is 5.75 Å². The highest BCUT2D eigenvalue weighted by Gasteiger charge is 2.07. The average molecular weight is 384 g/mol. The van der Waals surface area contributed by atoms with Gasteiger partial charge >= 0.3 is 0 Å². The van der Waals surface area contributed by atoms with Gasteiger partial charge in [-0.3, -0.25) is 4.79 Å². The van der Waals surface area contributed by atoms with Gasteiger partial charge < -0.3 is 5.32 Å². The van der Waals surface area contributed by atoms with Gasteiger partial charge in [-0.15, -0.1) is 21.5 Å². The molecule has 134 valence electrons. The number of thiophene rings is 1. The topological polar surface area (TPSA) is 54.9 Å². The lowest BCUT2D eigenvalue weighted by atomic mass is 10.1. The first-order valence-corrected chi connectivity index (χ1v) is 10.5. The van der Waals surface area contributed by atoms with E-state index >= 15 is 0 Å². The van der Waals surface area contributed by atoms with Gasteiger partial charge in [-0.25, -0.2) is 0 Å². The van der Waals surface area contributed by atoms with Gasteiger partial charge in [0.05, 0.1) is 10.6 Å². The first-order valence-electron chi connectivity index (χ1n) is 8.64. The molecule has 0 spiro atoms. The summed E-state index contributed by atoms with van der Waals surface area (Å²) in [4.78, 5) is 13.2. The maximum absolute atomic E-state index is 12.1. The van der Waals surface area contributed by atoms with Crippen LogP contribution in [0.2, 0.25) is 0 Å². The summed E-state index contributed by atoms with van der Waals surface area (Å²) in [5.41, 5.74) is 2.99. The molecule has 1 N–H and O–H groups in total. The van der Waals surface area contributed by atoms with Crippen LogP contribution in [0.3, 0.4) is 0 Å². The van der Waals surface area contributed by atoms with Crippen LogP contribution in [-0.4, -0.2) is 21.9 Å². The Morgan fingerprint density at radius 1 is 1.12 bits per heavy atom. The van der Waals surface area contributed by atoms with Crippen LogP contribution in [0.1, 0.15) is 25.3 Å². The van der Waals surface area contributed by atoms with E-state index in [1.165, 1.54) is 30.2 Å². The molecule has 2 heterocycles. The molecule has 0 aliphatic carbocycles. The van der Waals surface area contributed by atoms with E-state index in [9.17, 15) is 4.79 Å². The molecule has 1 amide bonds. The Balaban J connectivity index is 1.48. The highest BCUT2D eigenvalue weighted by molar-refractivity contribution is 7.99. The maximum Gasteiger partial charge on any atom is 0.234 e. The summed E-state index contributed by atoms with van der Waals surface area (Å²) >= 11 is 3.02. The molecule has 4 nitrogen and oxygen atoms in total. The molecule has 3 rings (SSSR count). The van der Waals surface area contributed by atoms with Crippen LogP contribution in [0.25, 0.3) is 10.6 Å². The summed E-state index contributed by atoms with van der Waals surface area (Å²) in [7, 11) is 0. The Morgan fingerprint density at radius 2 is 1.96 bits per heavy atom. The van der Waals surface area contributed by atoms with Crippen molar-refractivity contribution in [3.05, 3.63) is 59.5 Å². The number of carbonyl (C=O) groups excluding carboxylic acids is 1. The van der Waals surface area contributed by atoms with Crippen LogP contribution in [-0.2, 0) is 11.2 Å². The largest absolute Gasteiger partial charge is 0.325 e. The zero-order chi connectivity index (χ0) is 18.2. The van der Waals surface area contributed by atoms with Crippen molar-refractivity contribution in [3.8, 4) is 10.6 Å². The third-order valence-electron chi connectivity index (χ3n) is 3.82. The number of hydrogen-bond acceptors (Lipinski definition) is 5. The van der Waals surface area contributed by atoms with E-state index in [4.69, 9.17) is 0 Å². The molecule has 0 unspecified atom stereocenters. The number of benzene rings is 1. The highest BCUT2D eigenvalue weighted by atomic mass is 32.2. The van der Waals surface area contributed by atoms with E-state index < -0.39 is 0 Å². The normalized spacial score (nSPS) is 10.7. The Kier molecular flexibility index (Phi) is 6.80. The zero-order valence-electron chi connectivity index (χ0n) is 14.6. The standard InChI is InChI=1S/C20H21N3OS2/c1-2-3-5-15-7-9-16(10-8-15)21-19(24)14-26-20-12-11-17(22-23-20)18-6-4-13-25-18/h4,6-13H,2-3,5,14H2,1H3,(H,21,24). The van der Waals surface area contributed by atoms with Crippen molar-refractivity contribution < 1.29 is 4.79 Å². The lowest BCUT2D eigenvalue weighted by Gasteiger charge is -2.06. The van der Waals surface area contributed by atoms with Crippen molar-refractivity contribution >= 4 is 34.7 Å². The number of amides is 1. The van der Waals surface area contributed by atoms with Crippen molar-refractivity contribution in [1.82, 2.24) is 10.2 Å². The summed E-state index contributed by atoms with van der Waals surface area (Å²) in [6.07, 6.45) is 3.46. The number of rotatable bonds is 8. The molecule has 0 bridgehead atoms. The molecule has 0 fully saturated rings. The fourth-order valence-electron chi connectivity index (χ4n) is 2.42.